The van der Waals surface area contributed by atoms with Crippen LogP contribution in [0.4, 0.5) is 0 Å². The van der Waals surface area contributed by atoms with Gasteiger partial charge in [-0.3, -0.25) is 4.79 Å². The van der Waals surface area contributed by atoms with Crippen molar-refractivity contribution < 1.29 is 4.79 Å². The highest BCUT2D eigenvalue weighted by atomic mass is 32.2. The molecule has 21 heavy (non-hydrogen) atoms. The monoisotopic (exact) mass is 295 g/mol. The Kier molecular flexibility index (Phi) is 5.48. The lowest BCUT2D eigenvalue weighted by atomic mass is 10.1. The molecule has 2 aromatic carbocycles. The zero-order chi connectivity index (χ0) is 15.1. The molecule has 0 fully saturated rings. The number of aryl methyl sites for hydroxylation is 1. The number of hydrogen-bond donors (Lipinski definition) is 1. The molecule has 1 amide bonds. The number of carbonyl (C=O) groups excluding carboxylic acids is 1. The number of hydrogen-bond acceptors (Lipinski definition) is 2. The Labute approximate surface area is 130 Å². The maximum Gasteiger partial charge on any atom is 0.252 e. The molecule has 0 heterocycles. The molecule has 0 radical (unpaired) electrons. The molecule has 0 aliphatic carbocycles. The highest BCUT2D eigenvalue weighted by Gasteiger charge is 2.08. The van der Waals surface area contributed by atoms with E-state index >= 15 is 0 Å². The summed E-state index contributed by atoms with van der Waals surface area (Å²) in [7, 11) is 0. The van der Waals surface area contributed by atoms with Crippen molar-refractivity contribution in [2.45, 2.75) is 11.8 Å². The van der Waals surface area contributed by atoms with Gasteiger partial charge in [-0.05, 0) is 43.0 Å². The Morgan fingerprint density at radius 3 is 2.67 bits per heavy atom. The van der Waals surface area contributed by atoms with Crippen LogP contribution in [-0.2, 0) is 0 Å². The van der Waals surface area contributed by atoms with E-state index in [4.69, 9.17) is 0 Å². The molecule has 0 aliphatic heterocycles. The van der Waals surface area contributed by atoms with Gasteiger partial charge in [-0.1, -0.05) is 36.1 Å². The molecule has 106 valence electrons. The van der Waals surface area contributed by atoms with Gasteiger partial charge in [0, 0.05) is 16.0 Å². The first kappa shape index (κ1) is 15.2. The molecular formula is C18H17NOS. The van der Waals surface area contributed by atoms with E-state index in [9.17, 15) is 4.79 Å². The van der Waals surface area contributed by atoms with Crippen LogP contribution in [0.5, 0.6) is 0 Å². The predicted molar refractivity (Wildman–Crippen MR) is 88.6 cm³/mol. The largest absolute Gasteiger partial charge is 0.341 e. The Hall–Kier alpha value is -2.18. The van der Waals surface area contributed by atoms with E-state index in [0.717, 1.165) is 16.0 Å². The average Bonchev–Trinajstić information content (AvgIpc) is 2.53. The molecule has 2 rings (SSSR count). The minimum absolute atomic E-state index is 0.0780. The fourth-order valence-electron chi connectivity index (χ4n) is 1.86. The Morgan fingerprint density at radius 2 is 1.95 bits per heavy atom. The van der Waals surface area contributed by atoms with Crippen molar-refractivity contribution in [1.29, 1.82) is 0 Å². The van der Waals surface area contributed by atoms with E-state index in [1.54, 1.807) is 11.8 Å². The molecule has 0 unspecified atom stereocenters. The van der Waals surface area contributed by atoms with Crippen LogP contribution >= 0.6 is 11.8 Å². The third-order valence-electron chi connectivity index (χ3n) is 3.03. The molecule has 0 saturated heterocycles. The smallest absolute Gasteiger partial charge is 0.252 e. The Morgan fingerprint density at radius 1 is 1.19 bits per heavy atom. The van der Waals surface area contributed by atoms with Gasteiger partial charge in [0.1, 0.15) is 0 Å². The number of nitrogens with one attached hydrogen (secondary N) is 1. The summed E-state index contributed by atoms with van der Waals surface area (Å²) in [6, 6.07) is 15.6. The second-order valence-corrected chi connectivity index (χ2v) is 5.41. The van der Waals surface area contributed by atoms with E-state index in [-0.39, 0.29) is 5.91 Å². The summed E-state index contributed by atoms with van der Waals surface area (Å²) in [5.41, 5.74) is 2.64. The third-order valence-corrected chi connectivity index (χ3v) is 3.76. The molecule has 0 bridgehead atoms. The summed E-state index contributed by atoms with van der Waals surface area (Å²) in [4.78, 5) is 13.2. The van der Waals surface area contributed by atoms with Crippen LogP contribution in [0.15, 0.2) is 53.4 Å². The van der Waals surface area contributed by atoms with Crippen LogP contribution < -0.4 is 5.32 Å². The van der Waals surface area contributed by atoms with Gasteiger partial charge in [0.15, 0.2) is 0 Å². The van der Waals surface area contributed by atoms with Gasteiger partial charge in [-0.2, -0.15) is 0 Å². The Balaban J connectivity index is 1.98. The molecule has 2 nitrogen and oxygen atoms in total. The van der Waals surface area contributed by atoms with Crippen LogP contribution in [0.25, 0.3) is 0 Å². The van der Waals surface area contributed by atoms with E-state index in [1.165, 1.54) is 0 Å². The van der Waals surface area contributed by atoms with Crippen molar-refractivity contribution in [3.63, 3.8) is 0 Å². The molecule has 0 spiro atoms. The van der Waals surface area contributed by atoms with Crippen molar-refractivity contribution in [2.24, 2.45) is 0 Å². The standard InChI is InChI=1S/C18H17NOS/c1-14-10-11-16(21-2)13-17(14)18(20)19-12-6-9-15-7-4-3-5-8-15/h3-5,7-8,10-11,13H,12H2,1-2H3,(H,19,20). The maximum atomic E-state index is 12.2. The molecule has 1 N–H and O–H groups in total. The highest BCUT2D eigenvalue weighted by molar-refractivity contribution is 7.98. The molecule has 0 saturated carbocycles. The summed E-state index contributed by atoms with van der Waals surface area (Å²) in [5, 5.41) is 2.84. The third kappa shape index (κ3) is 4.40. The molecule has 0 atom stereocenters. The highest BCUT2D eigenvalue weighted by Crippen LogP contribution is 2.18. The van der Waals surface area contributed by atoms with Gasteiger partial charge in [0.25, 0.3) is 5.91 Å². The maximum absolute atomic E-state index is 12.2. The molecule has 3 heteroatoms. The zero-order valence-electron chi connectivity index (χ0n) is 12.1. The average molecular weight is 295 g/mol. The van der Waals surface area contributed by atoms with Crippen LogP contribution in [-0.4, -0.2) is 18.7 Å². The Bertz CT molecular complexity index is 683. The van der Waals surface area contributed by atoms with Gasteiger partial charge < -0.3 is 5.32 Å². The van der Waals surface area contributed by atoms with E-state index in [1.807, 2.05) is 61.7 Å². The van der Waals surface area contributed by atoms with Gasteiger partial charge in [0.2, 0.25) is 0 Å². The number of rotatable bonds is 3. The van der Waals surface area contributed by atoms with E-state index < -0.39 is 0 Å². The molecule has 0 aromatic heterocycles. The summed E-state index contributed by atoms with van der Waals surface area (Å²) < 4.78 is 0. The summed E-state index contributed by atoms with van der Waals surface area (Å²) in [5.74, 6) is 5.91. The lowest BCUT2D eigenvalue weighted by Gasteiger charge is -2.07. The van der Waals surface area contributed by atoms with Gasteiger partial charge in [0.05, 0.1) is 6.54 Å². The number of benzene rings is 2. The first-order valence-electron chi connectivity index (χ1n) is 6.67. The molecular weight excluding hydrogens is 278 g/mol. The van der Waals surface area contributed by atoms with Crippen molar-refractivity contribution in [2.75, 3.05) is 12.8 Å². The first-order valence-corrected chi connectivity index (χ1v) is 7.90. The fourth-order valence-corrected chi connectivity index (χ4v) is 2.30. The van der Waals surface area contributed by atoms with Crippen molar-refractivity contribution in [3.8, 4) is 11.8 Å². The summed E-state index contributed by atoms with van der Waals surface area (Å²) in [6.07, 6.45) is 2.00. The van der Waals surface area contributed by atoms with Crippen molar-refractivity contribution in [3.05, 3.63) is 65.2 Å². The van der Waals surface area contributed by atoms with Crippen LogP contribution in [0, 0.1) is 18.8 Å². The predicted octanol–water partition coefficient (Wildman–Crippen LogP) is 3.50. The summed E-state index contributed by atoms with van der Waals surface area (Å²) in [6.45, 7) is 2.28. The van der Waals surface area contributed by atoms with Gasteiger partial charge in [-0.15, -0.1) is 11.8 Å². The normalized spacial score (nSPS) is 9.62. The first-order chi connectivity index (χ1) is 10.2. The fraction of sp³-hybridized carbons (Fsp3) is 0.167. The zero-order valence-corrected chi connectivity index (χ0v) is 13.0. The number of carbonyl (C=O) groups is 1. The number of thioether (sulfide) groups is 1. The van der Waals surface area contributed by atoms with Gasteiger partial charge >= 0.3 is 0 Å². The van der Waals surface area contributed by atoms with E-state index in [0.29, 0.717) is 12.1 Å². The lowest BCUT2D eigenvalue weighted by Crippen LogP contribution is -2.24. The van der Waals surface area contributed by atoms with Crippen molar-refractivity contribution >= 4 is 17.7 Å². The second-order valence-electron chi connectivity index (χ2n) is 4.53. The minimum atomic E-state index is -0.0780. The molecule has 2 aromatic rings. The van der Waals surface area contributed by atoms with Crippen LogP contribution in [0.1, 0.15) is 21.5 Å². The SMILES string of the molecule is CSc1ccc(C)c(C(=O)NCC#Cc2ccccc2)c1. The van der Waals surface area contributed by atoms with Gasteiger partial charge in [-0.25, -0.2) is 0 Å². The molecule has 0 aliphatic rings. The van der Waals surface area contributed by atoms with Crippen LogP contribution in [0.2, 0.25) is 0 Å². The summed E-state index contributed by atoms with van der Waals surface area (Å²) >= 11 is 1.63. The second kappa shape index (κ2) is 7.56. The minimum Gasteiger partial charge on any atom is -0.341 e. The number of amides is 1. The van der Waals surface area contributed by atoms with E-state index in [2.05, 4.69) is 17.2 Å². The lowest BCUT2D eigenvalue weighted by molar-refractivity contribution is 0.0958. The van der Waals surface area contributed by atoms with Crippen molar-refractivity contribution in [1.82, 2.24) is 5.32 Å². The quantitative estimate of drug-likeness (QED) is 0.693. The van der Waals surface area contributed by atoms with Crippen LogP contribution in [0.3, 0.4) is 0 Å². The topological polar surface area (TPSA) is 29.1 Å².